The molecular weight excluding hydrogens is 724 g/mol. The standard InChI is InChI=1S/C26H26Br4N2O4/c1-3-5-7-9-11-31-23(33)15-13-14-17(21(29)19(15)27)25(35)32(12-10-8-6-4-2)26(36)18(14)22(30)20(28)16(13)24(31)34/h3-12H2,1-2H3. The van der Waals surface area contributed by atoms with Crippen molar-refractivity contribution < 1.29 is 19.2 Å². The van der Waals surface area contributed by atoms with E-state index in [4.69, 9.17) is 0 Å². The van der Waals surface area contributed by atoms with Crippen molar-refractivity contribution in [2.24, 2.45) is 0 Å². The van der Waals surface area contributed by atoms with Gasteiger partial charge in [0.15, 0.2) is 0 Å². The van der Waals surface area contributed by atoms with E-state index in [-0.39, 0.29) is 22.3 Å². The predicted octanol–water partition coefficient (Wildman–Crippen LogP) is 8.24. The lowest BCUT2D eigenvalue weighted by Gasteiger charge is -2.34. The zero-order chi connectivity index (χ0) is 26.3. The monoisotopic (exact) mass is 746 g/mol. The van der Waals surface area contributed by atoms with Crippen LogP contribution in [-0.2, 0) is 0 Å². The first kappa shape index (κ1) is 27.9. The summed E-state index contributed by atoms with van der Waals surface area (Å²) in [5.74, 6) is -1.70. The Kier molecular flexibility index (Phi) is 8.79. The van der Waals surface area contributed by atoms with Gasteiger partial charge in [0.1, 0.15) is 0 Å². The quantitative estimate of drug-likeness (QED) is 0.181. The molecule has 6 nitrogen and oxygen atoms in total. The van der Waals surface area contributed by atoms with Crippen LogP contribution < -0.4 is 0 Å². The molecule has 0 atom stereocenters. The van der Waals surface area contributed by atoms with E-state index < -0.39 is 23.6 Å². The highest BCUT2D eigenvalue weighted by molar-refractivity contribution is 9.13. The maximum atomic E-state index is 13.7. The maximum absolute atomic E-state index is 13.7. The summed E-state index contributed by atoms with van der Waals surface area (Å²) in [5, 5.41) is 0.689. The summed E-state index contributed by atoms with van der Waals surface area (Å²) < 4.78 is 1.65. The molecular formula is C26H26Br4N2O4. The Morgan fingerprint density at radius 2 is 0.750 bits per heavy atom. The fourth-order valence-electron chi connectivity index (χ4n) is 4.96. The van der Waals surface area contributed by atoms with Gasteiger partial charge in [-0.1, -0.05) is 52.4 Å². The van der Waals surface area contributed by atoms with Gasteiger partial charge < -0.3 is 0 Å². The van der Waals surface area contributed by atoms with E-state index in [1.807, 2.05) is 0 Å². The van der Waals surface area contributed by atoms with Crippen LogP contribution in [0.2, 0.25) is 0 Å². The number of nitrogens with zero attached hydrogens (tertiary/aromatic N) is 2. The van der Waals surface area contributed by atoms with Crippen molar-refractivity contribution in [1.82, 2.24) is 9.80 Å². The normalized spacial score (nSPS) is 15.1. The van der Waals surface area contributed by atoms with Gasteiger partial charge in [-0.15, -0.1) is 0 Å². The molecule has 0 saturated heterocycles. The molecule has 2 aromatic rings. The predicted molar refractivity (Wildman–Crippen MR) is 154 cm³/mol. The summed E-state index contributed by atoms with van der Waals surface area (Å²) >= 11 is 14.2. The van der Waals surface area contributed by atoms with Gasteiger partial charge in [-0.2, -0.15) is 0 Å². The Morgan fingerprint density at radius 3 is 1.00 bits per heavy atom. The van der Waals surface area contributed by atoms with Crippen LogP contribution in [0.25, 0.3) is 10.8 Å². The van der Waals surface area contributed by atoms with Crippen LogP contribution in [0.5, 0.6) is 0 Å². The number of halogens is 4. The minimum atomic E-state index is -0.426. The molecule has 4 rings (SSSR count). The average Bonchev–Trinajstić information content (AvgIpc) is 2.84. The van der Waals surface area contributed by atoms with Gasteiger partial charge in [-0.3, -0.25) is 29.0 Å². The van der Waals surface area contributed by atoms with E-state index in [0.717, 1.165) is 38.5 Å². The summed E-state index contributed by atoms with van der Waals surface area (Å²) in [4.78, 5) is 57.2. The van der Waals surface area contributed by atoms with Crippen molar-refractivity contribution in [3.63, 3.8) is 0 Å². The van der Waals surface area contributed by atoms with Crippen molar-refractivity contribution in [1.29, 1.82) is 0 Å². The van der Waals surface area contributed by atoms with Crippen LogP contribution in [0.15, 0.2) is 17.9 Å². The first-order valence-electron chi connectivity index (χ1n) is 12.3. The molecule has 0 unspecified atom stereocenters. The molecule has 0 radical (unpaired) electrons. The topological polar surface area (TPSA) is 74.8 Å². The SMILES string of the molecule is CCCCCCN1C(=O)c2c(Br)c(Br)c3c4c(c(Br)c(Br)c(c24)C1=O)C(=O)N(CCCCCC)C3=O. The smallest absolute Gasteiger partial charge is 0.262 e. The molecule has 0 saturated carbocycles. The summed E-state index contributed by atoms with van der Waals surface area (Å²) in [5.41, 5.74) is 1.16. The molecule has 0 spiro atoms. The van der Waals surface area contributed by atoms with Gasteiger partial charge in [0.05, 0.1) is 22.3 Å². The third-order valence-corrected chi connectivity index (χ3v) is 11.1. The first-order valence-corrected chi connectivity index (χ1v) is 15.4. The van der Waals surface area contributed by atoms with Crippen LogP contribution in [0, 0.1) is 0 Å². The number of hydrogen-bond acceptors (Lipinski definition) is 4. The highest BCUT2D eigenvalue weighted by atomic mass is 79.9. The molecule has 2 aliphatic heterocycles. The number of carbonyl (C=O) groups is 4. The second-order valence-corrected chi connectivity index (χ2v) is 12.3. The lowest BCUT2D eigenvalue weighted by atomic mass is 9.85. The first-order chi connectivity index (χ1) is 17.2. The Hall–Kier alpha value is -1.10. The number of rotatable bonds is 10. The molecule has 0 fully saturated rings. The number of unbranched alkanes of at least 4 members (excludes halogenated alkanes) is 6. The molecule has 0 bridgehead atoms. The zero-order valence-corrected chi connectivity index (χ0v) is 26.5. The summed E-state index contributed by atoms with van der Waals surface area (Å²) in [6.45, 7) is 4.82. The van der Waals surface area contributed by atoms with Crippen LogP contribution in [0.4, 0.5) is 0 Å². The molecule has 2 aliphatic rings. The van der Waals surface area contributed by atoms with Gasteiger partial charge in [0, 0.05) is 41.8 Å². The van der Waals surface area contributed by atoms with E-state index in [0.29, 0.717) is 54.6 Å². The lowest BCUT2D eigenvalue weighted by Crippen LogP contribution is -2.44. The van der Waals surface area contributed by atoms with E-state index in [1.54, 1.807) is 0 Å². The Balaban J connectivity index is 1.92. The molecule has 2 aromatic carbocycles. The van der Waals surface area contributed by atoms with Crippen molar-refractivity contribution in [2.75, 3.05) is 13.1 Å². The fraction of sp³-hybridized carbons (Fsp3) is 0.462. The molecule has 36 heavy (non-hydrogen) atoms. The molecule has 4 amide bonds. The maximum Gasteiger partial charge on any atom is 0.262 e. The largest absolute Gasteiger partial charge is 0.274 e. The number of carbonyl (C=O) groups excluding carboxylic acids is 4. The summed E-state index contributed by atoms with van der Waals surface area (Å²) in [7, 11) is 0. The van der Waals surface area contributed by atoms with Crippen LogP contribution in [-0.4, -0.2) is 46.5 Å². The highest BCUT2D eigenvalue weighted by Crippen LogP contribution is 2.50. The Bertz CT molecular complexity index is 1130. The Labute approximate surface area is 244 Å². The molecule has 192 valence electrons. The van der Waals surface area contributed by atoms with Crippen molar-refractivity contribution in [2.45, 2.75) is 65.2 Å². The summed E-state index contributed by atoms with van der Waals surface area (Å²) in [6, 6.07) is 0. The summed E-state index contributed by atoms with van der Waals surface area (Å²) in [6.07, 6.45) is 7.40. The minimum absolute atomic E-state index is 0.289. The number of imide groups is 2. The van der Waals surface area contributed by atoms with Crippen LogP contribution >= 0.6 is 63.7 Å². The zero-order valence-electron chi connectivity index (χ0n) is 20.1. The third-order valence-electron chi connectivity index (χ3n) is 6.82. The van der Waals surface area contributed by atoms with Gasteiger partial charge in [0.2, 0.25) is 0 Å². The van der Waals surface area contributed by atoms with Gasteiger partial charge in [-0.05, 0) is 76.6 Å². The second-order valence-electron chi connectivity index (χ2n) is 9.15. The average molecular weight is 750 g/mol. The van der Waals surface area contributed by atoms with Gasteiger partial charge in [-0.25, -0.2) is 0 Å². The minimum Gasteiger partial charge on any atom is -0.274 e. The van der Waals surface area contributed by atoms with E-state index in [9.17, 15) is 19.2 Å². The number of hydrogen-bond donors (Lipinski definition) is 0. The van der Waals surface area contributed by atoms with E-state index >= 15 is 0 Å². The van der Waals surface area contributed by atoms with Gasteiger partial charge >= 0.3 is 0 Å². The lowest BCUT2D eigenvalue weighted by molar-refractivity contribution is 0.0584. The number of benzene rings is 2. The van der Waals surface area contributed by atoms with E-state index in [1.165, 1.54) is 9.80 Å². The molecule has 0 aromatic heterocycles. The Morgan fingerprint density at radius 1 is 0.472 bits per heavy atom. The van der Waals surface area contributed by atoms with Crippen molar-refractivity contribution in [3.05, 3.63) is 40.1 Å². The molecule has 0 N–H and O–H groups in total. The number of amides is 4. The molecule has 10 heteroatoms. The van der Waals surface area contributed by atoms with Crippen molar-refractivity contribution >= 4 is 98.1 Å². The highest BCUT2D eigenvalue weighted by Gasteiger charge is 2.44. The van der Waals surface area contributed by atoms with E-state index in [2.05, 4.69) is 77.6 Å². The fourth-order valence-corrected chi connectivity index (χ4v) is 7.22. The molecule has 2 heterocycles. The molecule has 0 aliphatic carbocycles. The van der Waals surface area contributed by atoms with Crippen molar-refractivity contribution in [3.8, 4) is 0 Å². The van der Waals surface area contributed by atoms with Gasteiger partial charge in [0.25, 0.3) is 23.6 Å². The second kappa shape index (κ2) is 11.3. The van der Waals surface area contributed by atoms with Crippen LogP contribution in [0.3, 0.4) is 0 Å². The third kappa shape index (κ3) is 4.43. The van der Waals surface area contributed by atoms with Crippen LogP contribution in [0.1, 0.15) is 107 Å².